The maximum absolute atomic E-state index is 12.1. The van der Waals surface area contributed by atoms with Crippen LogP contribution in [0.25, 0.3) is 0 Å². The van der Waals surface area contributed by atoms with E-state index in [0.29, 0.717) is 23.2 Å². The quantitative estimate of drug-likeness (QED) is 0.878. The Labute approximate surface area is 131 Å². The third-order valence-corrected chi connectivity index (χ3v) is 4.20. The molecule has 0 aromatic heterocycles. The van der Waals surface area contributed by atoms with Crippen LogP contribution in [-0.2, 0) is 4.79 Å². The van der Waals surface area contributed by atoms with Gasteiger partial charge in [0.15, 0.2) is 6.10 Å². The molecule has 0 aliphatic carbocycles. The molecule has 21 heavy (non-hydrogen) atoms. The van der Waals surface area contributed by atoms with Crippen molar-refractivity contribution in [3.05, 3.63) is 28.8 Å². The van der Waals surface area contributed by atoms with Crippen molar-refractivity contribution < 1.29 is 9.53 Å². The van der Waals surface area contributed by atoms with Crippen LogP contribution in [-0.4, -0.2) is 31.6 Å². The summed E-state index contributed by atoms with van der Waals surface area (Å²) in [6.07, 6.45) is 1.83. The highest BCUT2D eigenvalue weighted by atomic mass is 35.5. The van der Waals surface area contributed by atoms with Gasteiger partial charge in [0.25, 0.3) is 5.91 Å². The van der Waals surface area contributed by atoms with E-state index in [1.54, 1.807) is 19.1 Å². The Morgan fingerprint density at radius 2 is 2.38 bits per heavy atom. The van der Waals surface area contributed by atoms with Crippen LogP contribution in [0.5, 0.6) is 5.75 Å². The van der Waals surface area contributed by atoms with Crippen LogP contribution in [0.15, 0.2) is 18.2 Å². The fourth-order valence-corrected chi connectivity index (χ4v) is 2.55. The molecule has 1 fully saturated rings. The molecule has 4 nitrogen and oxygen atoms in total. The van der Waals surface area contributed by atoms with Crippen molar-refractivity contribution in [3.63, 3.8) is 0 Å². The molecule has 1 aliphatic heterocycles. The summed E-state index contributed by atoms with van der Waals surface area (Å²) in [6.45, 7) is 6.44. The first-order valence-electron chi connectivity index (χ1n) is 7.47. The minimum absolute atomic E-state index is 0.0758. The fraction of sp³-hybridized carbons (Fsp3) is 0.562. The molecule has 0 bridgehead atoms. The maximum atomic E-state index is 12.1. The summed E-state index contributed by atoms with van der Waals surface area (Å²) < 4.78 is 5.67. The van der Waals surface area contributed by atoms with Crippen molar-refractivity contribution in [2.24, 2.45) is 5.92 Å². The summed E-state index contributed by atoms with van der Waals surface area (Å²) in [5.41, 5.74) is 0.940. The van der Waals surface area contributed by atoms with Gasteiger partial charge in [-0.3, -0.25) is 4.79 Å². The number of hydrogen-bond acceptors (Lipinski definition) is 3. The molecule has 2 N–H and O–H groups in total. The third kappa shape index (κ3) is 4.90. The zero-order chi connectivity index (χ0) is 15.2. The molecule has 2 rings (SSSR count). The number of benzene rings is 1. The number of nitrogens with one attached hydrogen (secondary N) is 2. The second-order valence-electron chi connectivity index (χ2n) is 5.63. The van der Waals surface area contributed by atoms with Gasteiger partial charge in [0, 0.05) is 11.6 Å². The zero-order valence-electron chi connectivity index (χ0n) is 12.6. The van der Waals surface area contributed by atoms with Crippen molar-refractivity contribution in [2.45, 2.75) is 32.8 Å². The van der Waals surface area contributed by atoms with E-state index in [1.165, 1.54) is 12.8 Å². The summed E-state index contributed by atoms with van der Waals surface area (Å²) in [5, 5.41) is 7.01. The topological polar surface area (TPSA) is 50.4 Å². The van der Waals surface area contributed by atoms with Crippen molar-refractivity contribution >= 4 is 17.5 Å². The summed E-state index contributed by atoms with van der Waals surface area (Å²) >= 11 is 5.97. The molecular formula is C16H23ClN2O2. The molecule has 1 aromatic rings. The van der Waals surface area contributed by atoms with Crippen molar-refractivity contribution in [1.29, 1.82) is 0 Å². The Hall–Kier alpha value is -1.26. The lowest BCUT2D eigenvalue weighted by Gasteiger charge is -2.23. The number of carbonyl (C=O) groups is 1. The lowest BCUT2D eigenvalue weighted by Crippen LogP contribution is -2.42. The number of ether oxygens (including phenoxy) is 1. The van der Waals surface area contributed by atoms with Crippen LogP contribution in [0.1, 0.15) is 25.3 Å². The van der Waals surface area contributed by atoms with E-state index in [4.69, 9.17) is 16.3 Å². The molecule has 1 saturated heterocycles. The Bertz CT molecular complexity index is 487. The molecule has 1 amide bonds. The SMILES string of the molecule is Cc1cc(OC(C)C(=O)NCC2CCCNC2)ccc1Cl. The standard InChI is InChI=1S/C16H23ClN2O2/c1-11-8-14(5-6-15(11)17)21-12(2)16(20)19-10-13-4-3-7-18-9-13/h5-6,8,12-13,18H,3-4,7,9-10H2,1-2H3,(H,19,20). The summed E-state index contributed by atoms with van der Waals surface area (Å²) in [6, 6.07) is 5.41. The number of halogens is 1. The van der Waals surface area contributed by atoms with Gasteiger partial charge in [0.05, 0.1) is 0 Å². The second kappa shape index (κ2) is 7.66. The van der Waals surface area contributed by atoms with E-state index in [2.05, 4.69) is 10.6 Å². The number of carbonyl (C=O) groups excluding carboxylic acids is 1. The predicted molar refractivity (Wildman–Crippen MR) is 84.9 cm³/mol. The van der Waals surface area contributed by atoms with Gasteiger partial charge < -0.3 is 15.4 Å². The van der Waals surface area contributed by atoms with E-state index in [-0.39, 0.29) is 5.91 Å². The molecule has 2 unspecified atom stereocenters. The Kier molecular flexibility index (Phi) is 5.88. The average molecular weight is 311 g/mol. The first-order valence-corrected chi connectivity index (χ1v) is 7.85. The molecule has 0 spiro atoms. The van der Waals surface area contributed by atoms with E-state index >= 15 is 0 Å². The summed E-state index contributed by atoms with van der Waals surface area (Å²) in [4.78, 5) is 12.1. The van der Waals surface area contributed by atoms with Crippen molar-refractivity contribution in [3.8, 4) is 5.75 Å². The fourth-order valence-electron chi connectivity index (χ4n) is 2.44. The minimum Gasteiger partial charge on any atom is -0.481 e. The van der Waals surface area contributed by atoms with Crippen LogP contribution in [0.2, 0.25) is 5.02 Å². The predicted octanol–water partition coefficient (Wildman–Crippen LogP) is 2.53. The molecule has 0 radical (unpaired) electrons. The van der Waals surface area contributed by atoms with Gasteiger partial charge in [-0.2, -0.15) is 0 Å². The van der Waals surface area contributed by atoms with Crippen LogP contribution in [0, 0.1) is 12.8 Å². The summed E-state index contributed by atoms with van der Waals surface area (Å²) in [5.74, 6) is 1.11. The molecule has 1 heterocycles. The van der Waals surface area contributed by atoms with Crippen molar-refractivity contribution in [1.82, 2.24) is 10.6 Å². The number of piperidine rings is 1. The van der Waals surface area contributed by atoms with Crippen LogP contribution in [0.3, 0.4) is 0 Å². The highest BCUT2D eigenvalue weighted by molar-refractivity contribution is 6.31. The third-order valence-electron chi connectivity index (χ3n) is 3.78. The van der Waals surface area contributed by atoms with Gasteiger partial charge in [-0.05, 0) is 69.5 Å². The maximum Gasteiger partial charge on any atom is 0.260 e. The highest BCUT2D eigenvalue weighted by Crippen LogP contribution is 2.21. The van der Waals surface area contributed by atoms with E-state index in [1.807, 2.05) is 13.0 Å². The van der Waals surface area contributed by atoms with Gasteiger partial charge in [0.1, 0.15) is 5.75 Å². The Balaban J connectivity index is 1.79. The van der Waals surface area contributed by atoms with E-state index < -0.39 is 6.10 Å². The highest BCUT2D eigenvalue weighted by Gasteiger charge is 2.18. The zero-order valence-corrected chi connectivity index (χ0v) is 13.4. The van der Waals surface area contributed by atoms with Gasteiger partial charge in [-0.15, -0.1) is 0 Å². The van der Waals surface area contributed by atoms with E-state index in [9.17, 15) is 4.79 Å². The number of rotatable bonds is 5. The molecule has 1 aliphatic rings. The number of amides is 1. The molecule has 5 heteroatoms. The lowest BCUT2D eigenvalue weighted by molar-refractivity contribution is -0.127. The largest absolute Gasteiger partial charge is 0.481 e. The Morgan fingerprint density at radius 1 is 1.57 bits per heavy atom. The average Bonchev–Trinajstić information content (AvgIpc) is 2.49. The summed E-state index contributed by atoms with van der Waals surface area (Å²) in [7, 11) is 0. The van der Waals surface area contributed by atoms with Gasteiger partial charge in [-0.1, -0.05) is 11.6 Å². The van der Waals surface area contributed by atoms with Crippen LogP contribution < -0.4 is 15.4 Å². The normalized spacial score (nSPS) is 19.9. The monoisotopic (exact) mass is 310 g/mol. The smallest absolute Gasteiger partial charge is 0.260 e. The van der Waals surface area contributed by atoms with Crippen LogP contribution >= 0.6 is 11.6 Å². The van der Waals surface area contributed by atoms with Crippen LogP contribution in [0.4, 0.5) is 0 Å². The molecule has 116 valence electrons. The van der Waals surface area contributed by atoms with Gasteiger partial charge in [0.2, 0.25) is 0 Å². The number of hydrogen-bond donors (Lipinski definition) is 2. The molecule has 0 saturated carbocycles. The second-order valence-corrected chi connectivity index (χ2v) is 6.04. The molecule has 2 atom stereocenters. The lowest BCUT2D eigenvalue weighted by atomic mass is 10.00. The first-order chi connectivity index (χ1) is 10.1. The van der Waals surface area contributed by atoms with Crippen molar-refractivity contribution in [2.75, 3.05) is 19.6 Å². The molecule has 1 aromatic carbocycles. The molecular weight excluding hydrogens is 288 g/mol. The number of aryl methyl sites for hydroxylation is 1. The van der Waals surface area contributed by atoms with E-state index in [0.717, 1.165) is 18.7 Å². The minimum atomic E-state index is -0.512. The van der Waals surface area contributed by atoms with Gasteiger partial charge >= 0.3 is 0 Å². The Morgan fingerprint density at radius 3 is 3.05 bits per heavy atom. The van der Waals surface area contributed by atoms with Gasteiger partial charge in [-0.25, -0.2) is 0 Å². The first kappa shape index (κ1) is 16.1.